The van der Waals surface area contributed by atoms with Crippen molar-refractivity contribution in [1.82, 2.24) is 24.8 Å². The fourth-order valence-corrected chi connectivity index (χ4v) is 4.56. The summed E-state index contributed by atoms with van der Waals surface area (Å²) in [5.74, 6) is 0.310. The van der Waals surface area contributed by atoms with Crippen LogP contribution < -0.4 is 10.1 Å². The molecule has 0 radical (unpaired) electrons. The van der Waals surface area contributed by atoms with Gasteiger partial charge in [0, 0.05) is 36.7 Å². The monoisotopic (exact) mass is 548 g/mol. The maximum Gasteiger partial charge on any atom is 0.264 e. The third-order valence-electron chi connectivity index (χ3n) is 6.33. The van der Waals surface area contributed by atoms with Crippen LogP contribution in [-0.2, 0) is 4.74 Å². The van der Waals surface area contributed by atoms with Crippen molar-refractivity contribution in [3.8, 4) is 28.5 Å². The lowest BCUT2D eigenvalue weighted by molar-refractivity contribution is 0.0631. The zero-order chi connectivity index (χ0) is 27.3. The van der Waals surface area contributed by atoms with E-state index in [2.05, 4.69) is 15.3 Å². The van der Waals surface area contributed by atoms with Gasteiger partial charge in [0.1, 0.15) is 17.1 Å². The number of morpholine rings is 1. The second kappa shape index (κ2) is 11.5. The summed E-state index contributed by atoms with van der Waals surface area (Å²) in [6, 6.07) is 23.6. The van der Waals surface area contributed by atoms with Crippen LogP contribution in [0.1, 0.15) is 10.4 Å². The summed E-state index contributed by atoms with van der Waals surface area (Å²) in [5, 5.41) is 3.34. The molecule has 0 spiro atoms. The summed E-state index contributed by atoms with van der Waals surface area (Å²) in [5.41, 5.74) is 5.01. The Hall–Kier alpha value is -4.80. The Morgan fingerprint density at radius 1 is 0.825 bits per heavy atom. The van der Waals surface area contributed by atoms with Gasteiger partial charge in [0.2, 0.25) is 0 Å². The van der Waals surface area contributed by atoms with Crippen molar-refractivity contribution in [3.63, 3.8) is 0 Å². The number of ether oxygens (including phenoxy) is 2. The van der Waals surface area contributed by atoms with Gasteiger partial charge in [-0.15, -0.1) is 0 Å². The Labute approximate surface area is 235 Å². The molecule has 0 unspecified atom stereocenters. The molecule has 198 valence electrons. The highest BCUT2D eigenvalue weighted by atomic mass is 32.1. The number of anilines is 1. The van der Waals surface area contributed by atoms with Crippen molar-refractivity contribution in [3.05, 3.63) is 96.8 Å². The van der Waals surface area contributed by atoms with Crippen LogP contribution in [0.2, 0.25) is 0 Å². The number of aromatic nitrogens is 4. The summed E-state index contributed by atoms with van der Waals surface area (Å²) in [6.45, 7) is 2.64. The highest BCUT2D eigenvalue weighted by Crippen LogP contribution is 2.29. The largest absolute Gasteiger partial charge is 0.432 e. The van der Waals surface area contributed by atoms with Gasteiger partial charge in [0.15, 0.2) is 0 Å². The summed E-state index contributed by atoms with van der Waals surface area (Å²) >= 11 is 5.39. The average Bonchev–Trinajstić information content (AvgIpc) is 3.02. The molecule has 2 aromatic carbocycles. The molecule has 6 rings (SSSR count). The highest BCUT2D eigenvalue weighted by Gasteiger charge is 2.17. The standard InChI is InChI=1S/C30H24N6O3S/c37-29(20-7-10-22(11-8-20)39-30(40)36-15-17-38-18-16-36)33-21-9-12-23-26(19-21)35-28(25-6-2-4-14-32-25)27(34-23)24-5-1-3-13-31-24/h1-14,19H,15-18H2,(H,33,37). The van der Waals surface area contributed by atoms with Crippen molar-refractivity contribution in [2.75, 3.05) is 31.6 Å². The summed E-state index contributed by atoms with van der Waals surface area (Å²) < 4.78 is 11.1. The molecule has 4 heterocycles. The van der Waals surface area contributed by atoms with Gasteiger partial charge >= 0.3 is 0 Å². The minimum absolute atomic E-state index is 0.260. The normalized spacial score (nSPS) is 13.2. The molecular formula is C30H24N6O3S. The molecule has 0 atom stereocenters. The number of rotatable bonds is 5. The Morgan fingerprint density at radius 3 is 2.10 bits per heavy atom. The number of benzene rings is 2. The quantitative estimate of drug-likeness (QED) is 0.304. The van der Waals surface area contributed by atoms with Gasteiger partial charge in [-0.1, -0.05) is 12.1 Å². The van der Waals surface area contributed by atoms with Crippen LogP contribution in [0.3, 0.4) is 0 Å². The number of carbonyl (C=O) groups excluding carboxylic acids is 1. The van der Waals surface area contributed by atoms with E-state index in [9.17, 15) is 4.79 Å². The smallest absolute Gasteiger partial charge is 0.264 e. The fraction of sp³-hybridized carbons (Fsp3) is 0.133. The first-order valence-corrected chi connectivity index (χ1v) is 13.2. The lowest BCUT2D eigenvalue weighted by Crippen LogP contribution is -2.42. The van der Waals surface area contributed by atoms with E-state index in [4.69, 9.17) is 31.7 Å². The first-order valence-electron chi connectivity index (χ1n) is 12.7. The van der Waals surface area contributed by atoms with E-state index in [1.165, 1.54) is 0 Å². The van der Waals surface area contributed by atoms with Gasteiger partial charge in [0.25, 0.3) is 11.1 Å². The van der Waals surface area contributed by atoms with E-state index in [0.717, 1.165) is 0 Å². The summed E-state index contributed by atoms with van der Waals surface area (Å²) in [6.07, 6.45) is 3.44. The SMILES string of the molecule is O=C(Nc1ccc2nc(-c3ccccn3)c(-c3ccccn3)nc2c1)c1ccc(OC(=S)N2CCOCC2)cc1. The topological polar surface area (TPSA) is 102 Å². The first-order chi connectivity index (χ1) is 19.6. The van der Waals surface area contributed by atoms with Gasteiger partial charge in [-0.2, -0.15) is 0 Å². The predicted octanol–water partition coefficient (Wildman–Crippen LogP) is 5.00. The van der Waals surface area contributed by atoms with Gasteiger partial charge in [0.05, 0.1) is 35.6 Å². The van der Waals surface area contributed by atoms with Gasteiger partial charge in [-0.25, -0.2) is 9.97 Å². The summed E-state index contributed by atoms with van der Waals surface area (Å²) in [4.78, 5) is 33.6. The molecule has 1 saturated heterocycles. The van der Waals surface area contributed by atoms with Crippen molar-refractivity contribution in [2.45, 2.75) is 0 Å². The van der Waals surface area contributed by atoms with Gasteiger partial charge < -0.3 is 19.7 Å². The van der Waals surface area contributed by atoms with Crippen molar-refractivity contribution >= 4 is 40.0 Å². The van der Waals surface area contributed by atoms with Gasteiger partial charge in [-0.3, -0.25) is 14.8 Å². The Kier molecular flexibility index (Phi) is 7.34. The molecule has 3 aromatic heterocycles. The molecule has 1 N–H and O–H groups in total. The fourth-order valence-electron chi connectivity index (χ4n) is 4.28. The first kappa shape index (κ1) is 25.5. The van der Waals surface area contributed by atoms with Crippen LogP contribution in [0.4, 0.5) is 5.69 Å². The van der Waals surface area contributed by atoms with Gasteiger partial charge in [-0.05, 0) is 78.9 Å². The maximum atomic E-state index is 13.0. The molecule has 0 bridgehead atoms. The van der Waals surface area contributed by atoms with Crippen LogP contribution >= 0.6 is 12.2 Å². The Bertz CT molecular complexity index is 1660. The minimum atomic E-state index is -0.260. The molecule has 1 fully saturated rings. The van der Waals surface area contributed by atoms with E-state index >= 15 is 0 Å². The molecule has 0 saturated carbocycles. The van der Waals surface area contributed by atoms with Crippen molar-refractivity contribution in [2.24, 2.45) is 0 Å². The zero-order valence-corrected chi connectivity index (χ0v) is 22.2. The number of hydrogen-bond acceptors (Lipinski definition) is 8. The number of carbonyl (C=O) groups is 1. The molecule has 40 heavy (non-hydrogen) atoms. The van der Waals surface area contributed by atoms with E-state index in [0.29, 0.717) is 82.3 Å². The van der Waals surface area contributed by atoms with Crippen LogP contribution in [-0.4, -0.2) is 62.2 Å². The third kappa shape index (κ3) is 5.63. The van der Waals surface area contributed by atoms with E-state index in [1.807, 2.05) is 47.4 Å². The van der Waals surface area contributed by atoms with Crippen LogP contribution in [0.5, 0.6) is 5.75 Å². The Balaban J connectivity index is 1.22. The predicted molar refractivity (Wildman–Crippen MR) is 156 cm³/mol. The number of fused-ring (bicyclic) bond motifs is 1. The zero-order valence-electron chi connectivity index (χ0n) is 21.4. The molecule has 1 aliphatic heterocycles. The minimum Gasteiger partial charge on any atom is -0.432 e. The average molecular weight is 549 g/mol. The van der Waals surface area contributed by atoms with E-state index in [1.54, 1.807) is 48.8 Å². The molecule has 9 nitrogen and oxygen atoms in total. The third-order valence-corrected chi connectivity index (χ3v) is 6.67. The molecule has 10 heteroatoms. The van der Waals surface area contributed by atoms with Crippen LogP contribution in [0, 0.1) is 0 Å². The molecule has 0 aliphatic carbocycles. The van der Waals surface area contributed by atoms with Crippen LogP contribution in [0.15, 0.2) is 91.3 Å². The molecular weight excluding hydrogens is 524 g/mol. The number of nitrogens with one attached hydrogen (secondary N) is 1. The van der Waals surface area contributed by atoms with Crippen molar-refractivity contribution in [1.29, 1.82) is 0 Å². The Morgan fingerprint density at radius 2 is 1.48 bits per heavy atom. The van der Waals surface area contributed by atoms with E-state index in [-0.39, 0.29) is 5.91 Å². The second-order valence-electron chi connectivity index (χ2n) is 9.00. The molecule has 1 aliphatic rings. The maximum absolute atomic E-state index is 13.0. The molecule has 1 amide bonds. The molecule has 5 aromatic rings. The number of nitrogens with zero attached hydrogens (tertiary/aromatic N) is 5. The number of pyridine rings is 2. The number of amides is 1. The van der Waals surface area contributed by atoms with Crippen LogP contribution in [0.25, 0.3) is 33.8 Å². The number of thiocarbonyl (C=S) groups is 1. The lowest BCUT2D eigenvalue weighted by Gasteiger charge is -2.28. The highest BCUT2D eigenvalue weighted by molar-refractivity contribution is 7.80. The van der Waals surface area contributed by atoms with E-state index < -0.39 is 0 Å². The lowest BCUT2D eigenvalue weighted by atomic mass is 10.1. The van der Waals surface area contributed by atoms with Crippen molar-refractivity contribution < 1.29 is 14.3 Å². The second-order valence-corrected chi connectivity index (χ2v) is 9.35. The number of hydrogen-bond donors (Lipinski definition) is 1. The summed E-state index contributed by atoms with van der Waals surface area (Å²) in [7, 11) is 0.